The molecule has 148 valence electrons. The number of ether oxygens (including phenoxy) is 1. The Kier molecular flexibility index (Phi) is 7.12. The Hall–Kier alpha value is -2.31. The summed E-state index contributed by atoms with van der Waals surface area (Å²) in [5, 5.41) is 5.57. The zero-order valence-electron chi connectivity index (χ0n) is 16.1. The van der Waals surface area contributed by atoms with Crippen molar-refractivity contribution in [1.29, 1.82) is 0 Å². The highest BCUT2D eigenvalue weighted by Gasteiger charge is 2.34. The van der Waals surface area contributed by atoms with Crippen molar-refractivity contribution < 1.29 is 14.3 Å². The van der Waals surface area contributed by atoms with Crippen LogP contribution in [0.15, 0.2) is 59.5 Å². The number of hydrogen-bond acceptors (Lipinski definition) is 4. The van der Waals surface area contributed by atoms with E-state index in [0.29, 0.717) is 25.4 Å². The first-order valence-corrected chi connectivity index (χ1v) is 10.4. The Morgan fingerprint density at radius 1 is 1.00 bits per heavy atom. The molecule has 0 atom stereocenters. The van der Waals surface area contributed by atoms with Gasteiger partial charge in [0.25, 0.3) is 0 Å². The summed E-state index contributed by atoms with van der Waals surface area (Å²) in [4.78, 5) is 25.9. The largest absolute Gasteiger partial charge is 0.381 e. The van der Waals surface area contributed by atoms with E-state index in [-0.39, 0.29) is 4.75 Å². The van der Waals surface area contributed by atoms with E-state index in [0.717, 1.165) is 29.7 Å². The van der Waals surface area contributed by atoms with Gasteiger partial charge in [-0.1, -0.05) is 43.3 Å². The van der Waals surface area contributed by atoms with Crippen LogP contribution in [0.25, 0.3) is 0 Å². The molecule has 1 aliphatic rings. The summed E-state index contributed by atoms with van der Waals surface area (Å²) in [5.41, 5.74) is 1.69. The van der Waals surface area contributed by atoms with Gasteiger partial charge in [0.05, 0.1) is 0 Å². The van der Waals surface area contributed by atoms with Crippen molar-refractivity contribution in [3.05, 3.63) is 60.2 Å². The van der Waals surface area contributed by atoms with Gasteiger partial charge in [-0.15, -0.1) is 11.8 Å². The number of thioether (sulfide) groups is 1. The predicted octanol–water partition coefficient (Wildman–Crippen LogP) is 3.65. The second-order valence-corrected chi connectivity index (χ2v) is 8.40. The number of rotatable bonds is 6. The second-order valence-electron chi connectivity index (χ2n) is 6.86. The minimum Gasteiger partial charge on any atom is -0.381 e. The topological polar surface area (TPSA) is 67.4 Å². The first-order chi connectivity index (χ1) is 13.6. The van der Waals surface area contributed by atoms with Crippen LogP contribution in [-0.4, -0.2) is 36.3 Å². The summed E-state index contributed by atoms with van der Waals surface area (Å²) in [6.07, 6.45) is 2.44. The average molecular weight is 399 g/mol. The molecule has 0 spiro atoms. The molecule has 3 rings (SSSR count). The third-order valence-electron chi connectivity index (χ3n) is 4.91. The van der Waals surface area contributed by atoms with Crippen molar-refractivity contribution in [2.45, 2.75) is 35.8 Å². The number of para-hydroxylation sites is 1. The average Bonchev–Trinajstić information content (AvgIpc) is 2.74. The van der Waals surface area contributed by atoms with Crippen LogP contribution in [0, 0.1) is 0 Å². The lowest BCUT2D eigenvalue weighted by atomic mass is 9.99. The first-order valence-electron chi connectivity index (χ1n) is 9.61. The highest BCUT2D eigenvalue weighted by atomic mass is 32.2. The number of carbonyl (C=O) groups excluding carboxylic acids is 2. The molecule has 2 aromatic rings. The Morgan fingerprint density at radius 3 is 2.39 bits per heavy atom. The maximum absolute atomic E-state index is 12.4. The molecule has 2 N–H and O–H groups in total. The molecule has 2 aromatic carbocycles. The summed E-state index contributed by atoms with van der Waals surface area (Å²) in [6.45, 7) is 3.76. The van der Waals surface area contributed by atoms with E-state index in [9.17, 15) is 9.59 Å². The zero-order valence-corrected chi connectivity index (χ0v) is 16.9. The van der Waals surface area contributed by atoms with Crippen LogP contribution < -0.4 is 10.6 Å². The minimum atomic E-state index is -0.632. The Labute approximate surface area is 170 Å². The van der Waals surface area contributed by atoms with Crippen LogP contribution in [0.5, 0.6) is 0 Å². The zero-order chi connectivity index (χ0) is 19.8. The molecule has 28 heavy (non-hydrogen) atoms. The molecule has 0 bridgehead atoms. The molecule has 1 fully saturated rings. The number of anilines is 1. The molecule has 1 saturated heterocycles. The van der Waals surface area contributed by atoms with Crippen LogP contribution in [0.4, 0.5) is 5.69 Å². The van der Waals surface area contributed by atoms with Crippen molar-refractivity contribution in [2.24, 2.45) is 0 Å². The summed E-state index contributed by atoms with van der Waals surface area (Å²) < 4.78 is 5.35. The molecule has 1 heterocycles. The van der Waals surface area contributed by atoms with E-state index in [1.54, 1.807) is 11.8 Å². The van der Waals surface area contributed by atoms with Crippen molar-refractivity contribution in [2.75, 3.05) is 25.1 Å². The van der Waals surface area contributed by atoms with E-state index in [1.165, 1.54) is 0 Å². The van der Waals surface area contributed by atoms with Crippen molar-refractivity contribution >= 4 is 29.3 Å². The smallest absolute Gasteiger partial charge is 0.313 e. The number of benzene rings is 2. The Balaban J connectivity index is 1.62. The quantitative estimate of drug-likeness (QED) is 0.729. The van der Waals surface area contributed by atoms with Gasteiger partial charge in [0.2, 0.25) is 0 Å². The lowest BCUT2D eigenvalue weighted by Crippen LogP contribution is -2.47. The standard InChI is InChI=1S/C22H26N2O3S/c1-2-17-8-6-7-11-19(17)24-21(26)20(25)23-16-22(12-14-27-15-13-22)28-18-9-4-3-5-10-18/h3-11H,2,12-16H2,1H3,(H,23,25)(H,24,26). The Morgan fingerprint density at radius 2 is 1.68 bits per heavy atom. The van der Waals surface area contributed by atoms with Crippen molar-refractivity contribution in [3.8, 4) is 0 Å². The molecule has 1 aliphatic heterocycles. The van der Waals surface area contributed by atoms with Crippen LogP contribution in [0.2, 0.25) is 0 Å². The fourth-order valence-corrected chi connectivity index (χ4v) is 4.56. The first kappa shape index (κ1) is 20.4. The monoisotopic (exact) mass is 398 g/mol. The van der Waals surface area contributed by atoms with Gasteiger partial charge in [-0.2, -0.15) is 0 Å². The summed E-state index contributed by atoms with van der Waals surface area (Å²) in [6, 6.07) is 17.7. The summed E-state index contributed by atoms with van der Waals surface area (Å²) in [5.74, 6) is -1.24. The normalized spacial score (nSPS) is 15.6. The summed E-state index contributed by atoms with van der Waals surface area (Å²) in [7, 11) is 0. The maximum atomic E-state index is 12.4. The highest BCUT2D eigenvalue weighted by Crippen LogP contribution is 2.40. The molecule has 5 nitrogen and oxygen atoms in total. The molecular weight excluding hydrogens is 372 g/mol. The van der Waals surface area contributed by atoms with Gasteiger partial charge in [-0.25, -0.2) is 0 Å². The van der Waals surface area contributed by atoms with E-state index in [4.69, 9.17) is 4.74 Å². The van der Waals surface area contributed by atoms with Crippen LogP contribution >= 0.6 is 11.8 Å². The molecule has 0 unspecified atom stereocenters. The van der Waals surface area contributed by atoms with Crippen LogP contribution in [0.3, 0.4) is 0 Å². The van der Waals surface area contributed by atoms with Gasteiger partial charge in [0.1, 0.15) is 0 Å². The van der Waals surface area contributed by atoms with Gasteiger partial charge in [0.15, 0.2) is 0 Å². The van der Waals surface area contributed by atoms with Gasteiger partial charge in [-0.05, 0) is 43.0 Å². The fourth-order valence-electron chi connectivity index (χ4n) is 3.25. The molecule has 0 aliphatic carbocycles. The molecule has 6 heteroatoms. The molecule has 0 saturated carbocycles. The lowest BCUT2D eigenvalue weighted by Gasteiger charge is -2.36. The molecule has 0 aromatic heterocycles. The third-order valence-corrected chi connectivity index (χ3v) is 6.40. The van der Waals surface area contributed by atoms with E-state index < -0.39 is 11.8 Å². The molecular formula is C22H26N2O3S. The van der Waals surface area contributed by atoms with Crippen molar-refractivity contribution in [3.63, 3.8) is 0 Å². The number of carbonyl (C=O) groups is 2. The van der Waals surface area contributed by atoms with Gasteiger partial charge in [-0.3, -0.25) is 9.59 Å². The number of aryl methyl sites for hydroxylation is 1. The fraction of sp³-hybridized carbons (Fsp3) is 0.364. The van der Waals surface area contributed by atoms with Crippen LogP contribution in [0.1, 0.15) is 25.3 Å². The van der Waals surface area contributed by atoms with E-state index in [1.807, 2.05) is 49.4 Å². The van der Waals surface area contributed by atoms with Crippen molar-refractivity contribution in [1.82, 2.24) is 5.32 Å². The number of hydrogen-bond donors (Lipinski definition) is 2. The summed E-state index contributed by atoms with van der Waals surface area (Å²) >= 11 is 1.75. The lowest BCUT2D eigenvalue weighted by molar-refractivity contribution is -0.136. The third kappa shape index (κ3) is 5.36. The van der Waals surface area contributed by atoms with Gasteiger partial charge < -0.3 is 15.4 Å². The predicted molar refractivity (Wildman–Crippen MR) is 113 cm³/mol. The SMILES string of the molecule is CCc1ccccc1NC(=O)C(=O)NCC1(Sc2ccccc2)CCOCC1. The Bertz CT molecular complexity index is 804. The van der Waals surface area contributed by atoms with E-state index >= 15 is 0 Å². The molecule has 0 radical (unpaired) electrons. The van der Waals surface area contributed by atoms with Gasteiger partial charge in [0, 0.05) is 35.1 Å². The maximum Gasteiger partial charge on any atom is 0.313 e. The highest BCUT2D eigenvalue weighted by molar-refractivity contribution is 8.00. The number of nitrogens with one attached hydrogen (secondary N) is 2. The van der Waals surface area contributed by atoms with E-state index in [2.05, 4.69) is 22.8 Å². The minimum absolute atomic E-state index is 0.170. The second kappa shape index (κ2) is 9.75. The number of amides is 2. The van der Waals surface area contributed by atoms with Crippen LogP contribution in [-0.2, 0) is 20.7 Å². The van der Waals surface area contributed by atoms with Gasteiger partial charge >= 0.3 is 11.8 Å². The molecule has 2 amide bonds.